The van der Waals surface area contributed by atoms with E-state index >= 15 is 0 Å². The Labute approximate surface area is 77.1 Å². The molecule has 2 aliphatic carbocycles. The Morgan fingerprint density at radius 2 is 2.23 bits per heavy atom. The Kier molecular flexibility index (Phi) is 1.26. The van der Waals surface area contributed by atoms with E-state index in [2.05, 4.69) is 24.3 Å². The van der Waals surface area contributed by atoms with Crippen molar-refractivity contribution in [1.82, 2.24) is 0 Å². The summed E-state index contributed by atoms with van der Waals surface area (Å²) >= 11 is 0. The standard InChI is InChI=1S/C12H10O/c13-11-7-9-5-1-3-8-4-2-6-10(11)12(8)9/h1-5,10H,6-7H2. The lowest BCUT2D eigenvalue weighted by Crippen LogP contribution is -2.07. The van der Waals surface area contributed by atoms with Crippen LogP contribution < -0.4 is 0 Å². The van der Waals surface area contributed by atoms with Gasteiger partial charge >= 0.3 is 0 Å². The van der Waals surface area contributed by atoms with Crippen LogP contribution in [0.25, 0.3) is 6.08 Å². The van der Waals surface area contributed by atoms with E-state index in [0.717, 1.165) is 6.42 Å². The lowest BCUT2D eigenvalue weighted by Gasteiger charge is -2.15. The summed E-state index contributed by atoms with van der Waals surface area (Å²) in [6, 6.07) is 6.22. The minimum atomic E-state index is 0.177. The Morgan fingerprint density at radius 1 is 1.31 bits per heavy atom. The average Bonchev–Trinajstić information content (AvgIpc) is 2.47. The minimum absolute atomic E-state index is 0.177. The number of allylic oxidation sites excluding steroid dienone is 1. The number of Topliss-reactive ketones (excluding diaryl/α,β-unsaturated/α-hetero) is 1. The van der Waals surface area contributed by atoms with E-state index in [-0.39, 0.29) is 5.92 Å². The van der Waals surface area contributed by atoms with E-state index < -0.39 is 0 Å². The maximum Gasteiger partial charge on any atom is 0.145 e. The van der Waals surface area contributed by atoms with Gasteiger partial charge in [-0.1, -0.05) is 30.4 Å². The Bertz CT molecular complexity index is 415. The van der Waals surface area contributed by atoms with Crippen LogP contribution in [0.1, 0.15) is 29.0 Å². The molecule has 0 bridgehead atoms. The van der Waals surface area contributed by atoms with Crippen LogP contribution in [-0.4, -0.2) is 5.78 Å². The molecule has 1 unspecified atom stereocenters. The van der Waals surface area contributed by atoms with Gasteiger partial charge in [-0.15, -0.1) is 0 Å². The first-order valence-corrected chi connectivity index (χ1v) is 4.67. The van der Waals surface area contributed by atoms with Crippen molar-refractivity contribution in [1.29, 1.82) is 0 Å². The third-order valence-electron chi connectivity index (χ3n) is 3.00. The normalized spacial score (nSPS) is 23.4. The van der Waals surface area contributed by atoms with Crippen molar-refractivity contribution in [3.8, 4) is 0 Å². The molecule has 0 saturated heterocycles. The molecule has 0 heterocycles. The van der Waals surface area contributed by atoms with Crippen LogP contribution >= 0.6 is 0 Å². The predicted octanol–water partition coefficient (Wildman–Crippen LogP) is 2.31. The zero-order chi connectivity index (χ0) is 8.84. The molecule has 64 valence electrons. The summed E-state index contributed by atoms with van der Waals surface area (Å²) in [7, 11) is 0. The molecule has 1 aromatic carbocycles. The van der Waals surface area contributed by atoms with Crippen LogP contribution in [0, 0.1) is 0 Å². The molecule has 13 heavy (non-hydrogen) atoms. The minimum Gasteiger partial charge on any atom is -0.299 e. The van der Waals surface area contributed by atoms with Crippen LogP contribution in [0.4, 0.5) is 0 Å². The van der Waals surface area contributed by atoms with Crippen molar-refractivity contribution in [2.75, 3.05) is 0 Å². The highest BCUT2D eigenvalue weighted by Gasteiger charge is 2.32. The fourth-order valence-corrected chi connectivity index (χ4v) is 2.41. The predicted molar refractivity (Wildman–Crippen MR) is 51.5 cm³/mol. The van der Waals surface area contributed by atoms with Gasteiger partial charge in [-0.05, 0) is 23.1 Å². The fraction of sp³-hybridized carbons (Fsp3) is 0.250. The monoisotopic (exact) mass is 170 g/mol. The molecular weight excluding hydrogens is 160 g/mol. The molecule has 0 N–H and O–H groups in total. The SMILES string of the molecule is O=C1Cc2cccc3c2C1CC=C3. The van der Waals surface area contributed by atoms with Crippen LogP contribution in [-0.2, 0) is 11.2 Å². The lowest BCUT2D eigenvalue weighted by atomic mass is 9.88. The molecule has 0 aliphatic heterocycles. The van der Waals surface area contributed by atoms with Crippen LogP contribution in [0.3, 0.4) is 0 Å². The second kappa shape index (κ2) is 2.32. The molecule has 1 aromatic rings. The molecular formula is C12H10O. The Morgan fingerprint density at radius 3 is 3.15 bits per heavy atom. The lowest BCUT2D eigenvalue weighted by molar-refractivity contribution is -0.118. The van der Waals surface area contributed by atoms with Gasteiger partial charge in [-0.2, -0.15) is 0 Å². The molecule has 0 fully saturated rings. The second-order valence-electron chi connectivity index (χ2n) is 3.75. The maximum atomic E-state index is 11.6. The van der Waals surface area contributed by atoms with E-state index in [4.69, 9.17) is 0 Å². The molecule has 1 nitrogen and oxygen atoms in total. The summed E-state index contributed by atoms with van der Waals surface area (Å²) in [5.41, 5.74) is 3.80. The van der Waals surface area contributed by atoms with E-state index in [1.54, 1.807) is 0 Å². The third kappa shape index (κ3) is 0.844. The molecule has 2 aliphatic rings. The van der Waals surface area contributed by atoms with Gasteiger partial charge in [0, 0.05) is 12.3 Å². The number of carbonyl (C=O) groups is 1. The summed E-state index contributed by atoms with van der Waals surface area (Å²) in [6.45, 7) is 0. The van der Waals surface area contributed by atoms with Crippen molar-refractivity contribution >= 4 is 11.9 Å². The van der Waals surface area contributed by atoms with Gasteiger partial charge in [0.2, 0.25) is 0 Å². The van der Waals surface area contributed by atoms with Gasteiger partial charge in [0.1, 0.15) is 5.78 Å². The highest BCUT2D eigenvalue weighted by Crippen LogP contribution is 2.38. The quantitative estimate of drug-likeness (QED) is 0.584. The number of rotatable bonds is 0. The molecule has 1 atom stereocenters. The summed E-state index contributed by atoms with van der Waals surface area (Å²) < 4.78 is 0. The van der Waals surface area contributed by atoms with Crippen LogP contribution in [0.2, 0.25) is 0 Å². The van der Waals surface area contributed by atoms with Gasteiger partial charge in [-0.25, -0.2) is 0 Å². The largest absolute Gasteiger partial charge is 0.299 e. The van der Waals surface area contributed by atoms with Gasteiger partial charge in [-0.3, -0.25) is 4.79 Å². The zero-order valence-corrected chi connectivity index (χ0v) is 7.29. The molecule has 0 spiro atoms. The summed E-state index contributed by atoms with van der Waals surface area (Å²) in [5, 5.41) is 0. The first-order valence-electron chi connectivity index (χ1n) is 4.67. The number of hydrogen-bond acceptors (Lipinski definition) is 1. The van der Waals surface area contributed by atoms with Crippen molar-refractivity contribution < 1.29 is 4.79 Å². The van der Waals surface area contributed by atoms with E-state index in [1.165, 1.54) is 16.7 Å². The topological polar surface area (TPSA) is 17.1 Å². The van der Waals surface area contributed by atoms with Gasteiger partial charge < -0.3 is 0 Å². The van der Waals surface area contributed by atoms with Gasteiger partial charge in [0.15, 0.2) is 0 Å². The zero-order valence-electron chi connectivity index (χ0n) is 7.29. The second-order valence-corrected chi connectivity index (χ2v) is 3.75. The van der Waals surface area contributed by atoms with Crippen molar-refractivity contribution in [3.05, 3.63) is 41.0 Å². The summed E-state index contributed by atoms with van der Waals surface area (Å²) in [5.74, 6) is 0.572. The number of hydrogen-bond donors (Lipinski definition) is 0. The smallest absolute Gasteiger partial charge is 0.145 e. The highest BCUT2D eigenvalue weighted by atomic mass is 16.1. The van der Waals surface area contributed by atoms with Crippen molar-refractivity contribution in [3.63, 3.8) is 0 Å². The maximum absolute atomic E-state index is 11.6. The third-order valence-corrected chi connectivity index (χ3v) is 3.00. The number of ketones is 1. The molecule has 0 amide bonds. The fourth-order valence-electron chi connectivity index (χ4n) is 2.41. The van der Waals surface area contributed by atoms with E-state index in [1.807, 2.05) is 6.07 Å². The van der Waals surface area contributed by atoms with Gasteiger partial charge in [0.25, 0.3) is 0 Å². The van der Waals surface area contributed by atoms with E-state index in [0.29, 0.717) is 12.2 Å². The first kappa shape index (κ1) is 7.07. The number of benzene rings is 1. The van der Waals surface area contributed by atoms with E-state index in [9.17, 15) is 4.79 Å². The van der Waals surface area contributed by atoms with Gasteiger partial charge in [0.05, 0.1) is 0 Å². The summed E-state index contributed by atoms with van der Waals surface area (Å²) in [4.78, 5) is 11.6. The van der Waals surface area contributed by atoms with Crippen LogP contribution in [0.15, 0.2) is 24.3 Å². The van der Waals surface area contributed by atoms with Crippen molar-refractivity contribution in [2.45, 2.75) is 18.8 Å². The first-order chi connectivity index (χ1) is 6.36. The van der Waals surface area contributed by atoms with Crippen molar-refractivity contribution in [2.24, 2.45) is 0 Å². The number of carbonyl (C=O) groups excluding carboxylic acids is 1. The molecule has 3 rings (SSSR count). The van der Waals surface area contributed by atoms with Crippen LogP contribution in [0.5, 0.6) is 0 Å². The molecule has 0 aromatic heterocycles. The summed E-state index contributed by atoms with van der Waals surface area (Å²) in [6.07, 6.45) is 5.80. The Hall–Kier alpha value is -1.37. The Balaban J connectivity index is 2.32. The average molecular weight is 170 g/mol. The molecule has 0 radical (unpaired) electrons. The highest BCUT2D eigenvalue weighted by molar-refractivity contribution is 5.95. The molecule has 1 heteroatoms. The molecule has 0 saturated carbocycles.